The van der Waals surface area contributed by atoms with Gasteiger partial charge in [-0.3, -0.25) is 4.90 Å². The predicted octanol–water partition coefficient (Wildman–Crippen LogP) is 9.07. The van der Waals surface area contributed by atoms with Crippen LogP contribution >= 0.6 is 0 Å². The molecule has 0 radical (unpaired) electrons. The lowest BCUT2D eigenvalue weighted by atomic mass is 9.86. The van der Waals surface area contributed by atoms with Crippen LogP contribution in [0.1, 0.15) is 104 Å². The van der Waals surface area contributed by atoms with Crippen molar-refractivity contribution in [2.75, 3.05) is 20.8 Å². The van der Waals surface area contributed by atoms with Crippen molar-refractivity contribution in [3.05, 3.63) is 65.0 Å². The molecule has 2 aromatic carbocycles. The van der Waals surface area contributed by atoms with Gasteiger partial charge in [-0.1, -0.05) is 26.0 Å². The van der Waals surface area contributed by atoms with E-state index in [0.29, 0.717) is 32.1 Å². The number of aryl methyl sites for hydroxylation is 2. The molecule has 2 N–H and O–H groups in total. The molecule has 0 bridgehead atoms. The van der Waals surface area contributed by atoms with E-state index < -0.39 is 11.2 Å². The molecular formula is C42H58N6O6. The van der Waals surface area contributed by atoms with Gasteiger partial charge >= 0.3 is 12.2 Å². The zero-order valence-electron chi connectivity index (χ0n) is 33.9. The van der Waals surface area contributed by atoms with Crippen molar-refractivity contribution >= 4 is 12.2 Å². The average Bonchev–Trinajstić information content (AvgIpc) is 3.75. The smallest absolute Gasteiger partial charge is 0.410 e. The van der Waals surface area contributed by atoms with E-state index in [1.807, 2.05) is 61.6 Å². The number of hydrogen-bond acceptors (Lipinski definition) is 8. The van der Waals surface area contributed by atoms with E-state index in [0.717, 1.165) is 82.2 Å². The van der Waals surface area contributed by atoms with Crippen LogP contribution in [0.5, 0.6) is 5.75 Å². The van der Waals surface area contributed by atoms with Gasteiger partial charge in [0.15, 0.2) is 0 Å². The summed E-state index contributed by atoms with van der Waals surface area (Å²) in [6, 6.07) is 10.8. The van der Waals surface area contributed by atoms with E-state index in [4.69, 9.17) is 19.2 Å². The number of nitrogens with zero attached hydrogens (tertiary/aromatic N) is 4. The standard InChI is InChI=1S/C40H52N6O5.C2H6O/c1-10-16-45(37(47)50-39(4,5)6)21-35-42-31-15-13-25-18-30-28-14-12-26(17-27(28)23-49-33(30)19-29(25)36(31)44-35)32-20-41-34(43-32)22-46(24(3)11-2)38(48)51-40(7,8)9;1-3-2/h12,14,17-20,24H,10-11,13,15-16,21-23H2,1-9H3,(H,41,43)(H,42,44);1-2H3/t24-;/m0./s1. The largest absolute Gasteiger partial charge is 0.488 e. The molecule has 2 aliphatic rings. The van der Waals surface area contributed by atoms with Crippen molar-refractivity contribution < 1.29 is 28.5 Å². The Bertz CT molecular complexity index is 1930. The van der Waals surface area contributed by atoms with Crippen molar-refractivity contribution in [1.82, 2.24) is 29.7 Å². The van der Waals surface area contributed by atoms with Crippen LogP contribution < -0.4 is 4.74 Å². The molecule has 3 heterocycles. The molecule has 0 unspecified atom stereocenters. The molecule has 292 valence electrons. The third-order valence-electron chi connectivity index (χ3n) is 9.21. The van der Waals surface area contributed by atoms with Crippen LogP contribution in [0.25, 0.3) is 33.6 Å². The summed E-state index contributed by atoms with van der Waals surface area (Å²) in [5.74, 6) is 2.29. The average molecular weight is 743 g/mol. The lowest BCUT2D eigenvalue weighted by Crippen LogP contribution is -2.41. The molecule has 12 nitrogen and oxygen atoms in total. The molecule has 1 aliphatic heterocycles. The minimum absolute atomic E-state index is 0.00194. The van der Waals surface area contributed by atoms with Gasteiger partial charge in [0.2, 0.25) is 0 Å². The number of carbonyl (C=O) groups is 2. The third-order valence-corrected chi connectivity index (χ3v) is 9.21. The minimum atomic E-state index is -0.577. The quantitative estimate of drug-likeness (QED) is 0.174. The van der Waals surface area contributed by atoms with Crippen LogP contribution in [-0.4, -0.2) is 79.9 Å². The maximum Gasteiger partial charge on any atom is 0.410 e. The summed E-state index contributed by atoms with van der Waals surface area (Å²) in [7, 11) is 3.25. The van der Waals surface area contributed by atoms with Crippen molar-refractivity contribution in [2.24, 2.45) is 0 Å². The summed E-state index contributed by atoms with van der Waals surface area (Å²) in [4.78, 5) is 45.9. The number of aromatic amines is 2. The fourth-order valence-corrected chi connectivity index (χ4v) is 6.59. The Kier molecular flexibility index (Phi) is 12.5. The molecule has 2 amide bonds. The lowest BCUT2D eigenvalue weighted by Gasteiger charge is -2.30. The first-order valence-electron chi connectivity index (χ1n) is 19.0. The Morgan fingerprint density at radius 2 is 1.57 bits per heavy atom. The summed E-state index contributed by atoms with van der Waals surface area (Å²) in [6.07, 6.45) is 4.49. The van der Waals surface area contributed by atoms with Gasteiger partial charge in [0.25, 0.3) is 0 Å². The first-order valence-corrected chi connectivity index (χ1v) is 19.0. The number of carbonyl (C=O) groups excluding carboxylic acids is 2. The maximum absolute atomic E-state index is 13.0. The molecule has 0 spiro atoms. The summed E-state index contributed by atoms with van der Waals surface area (Å²) >= 11 is 0. The van der Waals surface area contributed by atoms with Crippen LogP contribution in [0.2, 0.25) is 0 Å². The van der Waals surface area contributed by atoms with Crippen molar-refractivity contribution in [1.29, 1.82) is 0 Å². The second-order valence-corrected chi connectivity index (χ2v) is 16.1. The Balaban J connectivity index is 0.00000181. The first kappa shape index (κ1) is 40.3. The number of rotatable bonds is 9. The molecule has 6 rings (SSSR count). The van der Waals surface area contributed by atoms with Crippen LogP contribution in [0.15, 0.2) is 36.5 Å². The van der Waals surface area contributed by atoms with Gasteiger partial charge in [-0.15, -0.1) is 0 Å². The van der Waals surface area contributed by atoms with Gasteiger partial charge < -0.3 is 33.8 Å². The van der Waals surface area contributed by atoms with Gasteiger partial charge in [-0.25, -0.2) is 19.6 Å². The normalized spacial score (nSPS) is 13.5. The lowest BCUT2D eigenvalue weighted by molar-refractivity contribution is 0.0146. The number of hydrogen-bond donors (Lipinski definition) is 2. The summed E-state index contributed by atoms with van der Waals surface area (Å²) in [6.45, 7) is 19.1. The molecule has 0 fully saturated rings. The van der Waals surface area contributed by atoms with Crippen LogP contribution in [0, 0.1) is 0 Å². The zero-order valence-corrected chi connectivity index (χ0v) is 33.9. The molecule has 1 aliphatic carbocycles. The molecule has 1 atom stereocenters. The highest BCUT2D eigenvalue weighted by molar-refractivity contribution is 5.83. The highest BCUT2D eigenvalue weighted by Crippen LogP contribution is 2.44. The number of amides is 2. The topological polar surface area (TPSA) is 135 Å². The van der Waals surface area contributed by atoms with Gasteiger partial charge in [-0.05, 0) is 115 Å². The molecule has 0 saturated carbocycles. The maximum atomic E-state index is 13.0. The second kappa shape index (κ2) is 16.7. The SMILES string of the molecule is CCCN(Cc1nc2c([nH]1)CCc1cc3c(cc1-2)OCc1cc(-c2cnc(CN(C(=O)OC(C)(C)C)[C@@H](C)CC)[nH]2)ccc1-3)C(=O)OC(C)(C)C.COC. The van der Waals surface area contributed by atoms with E-state index in [2.05, 4.69) is 56.9 Å². The second-order valence-electron chi connectivity index (χ2n) is 16.1. The molecule has 12 heteroatoms. The fraction of sp³-hybridized carbons (Fsp3) is 0.524. The van der Waals surface area contributed by atoms with E-state index in [-0.39, 0.29) is 18.2 Å². The van der Waals surface area contributed by atoms with Gasteiger partial charge in [-0.2, -0.15) is 0 Å². The summed E-state index contributed by atoms with van der Waals surface area (Å²) < 4.78 is 22.0. The van der Waals surface area contributed by atoms with Crippen molar-refractivity contribution in [3.8, 4) is 39.4 Å². The number of H-pyrrole nitrogens is 2. The molecular weight excluding hydrogens is 684 g/mol. The highest BCUT2D eigenvalue weighted by Gasteiger charge is 2.29. The Labute approximate surface area is 320 Å². The number of imidazole rings is 2. The number of nitrogens with one attached hydrogen (secondary N) is 2. The van der Waals surface area contributed by atoms with E-state index in [9.17, 15) is 9.59 Å². The van der Waals surface area contributed by atoms with Gasteiger partial charge in [0, 0.05) is 43.6 Å². The number of ether oxygens (including phenoxy) is 4. The summed E-state index contributed by atoms with van der Waals surface area (Å²) in [5.41, 5.74) is 8.37. The van der Waals surface area contributed by atoms with Crippen molar-refractivity contribution in [3.63, 3.8) is 0 Å². The number of fused-ring (bicyclic) bond motifs is 6. The van der Waals surface area contributed by atoms with E-state index >= 15 is 0 Å². The Hall–Kier alpha value is -4.84. The van der Waals surface area contributed by atoms with Crippen LogP contribution in [0.4, 0.5) is 9.59 Å². The number of benzene rings is 2. The number of methoxy groups -OCH3 is 1. The molecule has 4 aromatic rings. The first-order chi connectivity index (χ1) is 25.5. The van der Waals surface area contributed by atoms with Gasteiger partial charge in [0.1, 0.15) is 35.2 Å². The number of aromatic nitrogens is 4. The molecule has 2 aromatic heterocycles. The monoisotopic (exact) mass is 742 g/mol. The van der Waals surface area contributed by atoms with E-state index in [1.54, 1.807) is 24.0 Å². The summed E-state index contributed by atoms with van der Waals surface area (Å²) in [5, 5.41) is 0. The highest BCUT2D eigenvalue weighted by atomic mass is 16.6. The van der Waals surface area contributed by atoms with Crippen LogP contribution in [0.3, 0.4) is 0 Å². The third kappa shape index (κ3) is 9.63. The zero-order chi connectivity index (χ0) is 39.4. The molecule has 0 saturated heterocycles. The van der Waals surface area contributed by atoms with Gasteiger partial charge in [0.05, 0.1) is 30.7 Å². The van der Waals surface area contributed by atoms with Crippen LogP contribution in [-0.2, 0) is 46.7 Å². The fourth-order valence-electron chi connectivity index (χ4n) is 6.59. The van der Waals surface area contributed by atoms with Crippen molar-refractivity contribution in [2.45, 2.75) is 125 Å². The minimum Gasteiger partial charge on any atom is -0.488 e. The molecule has 54 heavy (non-hydrogen) atoms. The Morgan fingerprint density at radius 3 is 2.24 bits per heavy atom. The Morgan fingerprint density at radius 1 is 0.870 bits per heavy atom. The predicted molar refractivity (Wildman–Crippen MR) is 210 cm³/mol. The van der Waals surface area contributed by atoms with E-state index in [1.165, 1.54) is 5.56 Å².